The molecule has 0 heterocycles. The lowest BCUT2D eigenvalue weighted by atomic mass is 10.2. The molecule has 0 aliphatic heterocycles. The van der Waals surface area contributed by atoms with Gasteiger partial charge in [0, 0.05) is 6.42 Å². The fourth-order valence-corrected chi connectivity index (χ4v) is 1.37. The van der Waals surface area contributed by atoms with E-state index in [1.165, 1.54) is 6.92 Å². The van der Waals surface area contributed by atoms with Crippen LogP contribution in [0.15, 0.2) is 0 Å². The van der Waals surface area contributed by atoms with Crippen molar-refractivity contribution in [3.8, 4) is 0 Å². The highest BCUT2D eigenvalue weighted by Crippen LogP contribution is 2.02. The largest absolute Gasteiger partial charge is 0.477 e. The molecule has 0 saturated carbocycles. The van der Waals surface area contributed by atoms with Crippen LogP contribution in [0, 0.1) is 5.41 Å². The summed E-state index contributed by atoms with van der Waals surface area (Å²) in [5.74, 6) is -1.37. The molecule has 6 nitrogen and oxygen atoms in total. The molecule has 0 unspecified atom stereocenters. The maximum atomic E-state index is 10.6. The smallest absolute Gasteiger partial charge is 0.349 e. The van der Waals surface area contributed by atoms with Crippen molar-refractivity contribution in [2.24, 2.45) is 0 Å². The molecule has 0 spiro atoms. The van der Waals surface area contributed by atoms with Crippen molar-refractivity contribution < 1.29 is 22.5 Å². The van der Waals surface area contributed by atoms with Crippen molar-refractivity contribution in [1.82, 2.24) is 0 Å². The minimum Gasteiger partial charge on any atom is -0.477 e. The SMILES string of the molecule is C[C@H](CC(=N)C(=O)O)OS(C)(=O)=O. The molecule has 0 rings (SSSR count). The van der Waals surface area contributed by atoms with Gasteiger partial charge in [0.2, 0.25) is 0 Å². The zero-order chi connectivity index (χ0) is 10.6. The van der Waals surface area contributed by atoms with E-state index in [1.807, 2.05) is 0 Å². The Morgan fingerprint density at radius 3 is 2.38 bits per heavy atom. The van der Waals surface area contributed by atoms with Gasteiger partial charge in [-0.3, -0.25) is 9.59 Å². The minimum atomic E-state index is -3.58. The molecule has 1 atom stereocenters. The van der Waals surface area contributed by atoms with Gasteiger partial charge in [0.25, 0.3) is 10.1 Å². The molecule has 0 amide bonds. The first-order valence-electron chi connectivity index (χ1n) is 3.41. The van der Waals surface area contributed by atoms with Gasteiger partial charge in [0.1, 0.15) is 5.71 Å². The van der Waals surface area contributed by atoms with E-state index in [2.05, 4.69) is 4.18 Å². The Bertz CT molecular complexity index is 307. The molecule has 0 aromatic rings. The Morgan fingerprint density at radius 2 is 2.08 bits per heavy atom. The van der Waals surface area contributed by atoms with Crippen LogP contribution in [0.1, 0.15) is 13.3 Å². The number of aliphatic carboxylic acids is 1. The third kappa shape index (κ3) is 6.23. The number of rotatable bonds is 5. The Labute approximate surface area is 76.2 Å². The van der Waals surface area contributed by atoms with E-state index in [0.29, 0.717) is 0 Å². The molecule has 0 saturated heterocycles. The van der Waals surface area contributed by atoms with Crippen LogP contribution in [-0.2, 0) is 19.1 Å². The summed E-state index contributed by atoms with van der Waals surface area (Å²) in [6, 6.07) is 0. The van der Waals surface area contributed by atoms with Crippen molar-refractivity contribution in [3.63, 3.8) is 0 Å². The second kappa shape index (κ2) is 4.33. The van der Waals surface area contributed by atoms with Crippen molar-refractivity contribution in [3.05, 3.63) is 0 Å². The lowest BCUT2D eigenvalue weighted by Crippen LogP contribution is -2.22. The average molecular weight is 209 g/mol. The standard InChI is InChI=1S/C6H11NO5S/c1-4(12-13(2,10)11)3-5(7)6(8)9/h4,7H,3H2,1-2H3,(H,8,9)/t4-/m1/s1. The second-order valence-corrected chi connectivity index (χ2v) is 4.20. The van der Waals surface area contributed by atoms with Crippen LogP contribution >= 0.6 is 0 Å². The minimum absolute atomic E-state index is 0.234. The maximum absolute atomic E-state index is 10.6. The monoisotopic (exact) mass is 209 g/mol. The van der Waals surface area contributed by atoms with Crippen LogP contribution < -0.4 is 0 Å². The Balaban J connectivity index is 4.10. The van der Waals surface area contributed by atoms with Gasteiger partial charge in [-0.1, -0.05) is 0 Å². The third-order valence-corrected chi connectivity index (χ3v) is 1.77. The summed E-state index contributed by atoms with van der Waals surface area (Å²) in [5, 5.41) is 15.2. The number of hydrogen-bond acceptors (Lipinski definition) is 5. The molecule has 13 heavy (non-hydrogen) atoms. The normalized spacial score (nSPS) is 13.7. The highest BCUT2D eigenvalue weighted by atomic mass is 32.2. The Kier molecular flexibility index (Phi) is 4.02. The molecule has 0 fully saturated rings. The van der Waals surface area contributed by atoms with E-state index in [-0.39, 0.29) is 6.42 Å². The predicted octanol–water partition coefficient (Wildman–Crippen LogP) is -0.154. The third-order valence-electron chi connectivity index (χ3n) is 1.09. The van der Waals surface area contributed by atoms with E-state index in [9.17, 15) is 13.2 Å². The van der Waals surface area contributed by atoms with Crippen molar-refractivity contribution in [2.45, 2.75) is 19.4 Å². The topological polar surface area (TPSA) is 105 Å². The summed E-state index contributed by atoms with van der Waals surface area (Å²) < 4.78 is 25.5. The van der Waals surface area contributed by atoms with Gasteiger partial charge in [0.15, 0.2) is 0 Å². The first-order chi connectivity index (χ1) is 5.72. The van der Waals surface area contributed by atoms with E-state index >= 15 is 0 Å². The Morgan fingerprint density at radius 1 is 1.62 bits per heavy atom. The first-order valence-corrected chi connectivity index (χ1v) is 5.23. The molecule has 0 aromatic carbocycles. The molecule has 0 aliphatic carbocycles. The predicted molar refractivity (Wildman–Crippen MR) is 45.4 cm³/mol. The molecule has 7 heteroatoms. The Hall–Kier alpha value is -0.950. The van der Waals surface area contributed by atoms with Crippen LogP contribution in [0.25, 0.3) is 0 Å². The summed E-state index contributed by atoms with van der Waals surface area (Å²) in [6.07, 6.45) is -0.186. The van der Waals surface area contributed by atoms with Gasteiger partial charge >= 0.3 is 5.97 Å². The summed E-state index contributed by atoms with van der Waals surface area (Å²) in [4.78, 5) is 10.2. The van der Waals surface area contributed by atoms with Gasteiger partial charge in [0.05, 0.1) is 12.4 Å². The average Bonchev–Trinajstić information content (AvgIpc) is 1.81. The maximum Gasteiger partial charge on any atom is 0.349 e. The fraction of sp³-hybridized carbons (Fsp3) is 0.667. The van der Waals surface area contributed by atoms with Gasteiger partial charge in [-0.15, -0.1) is 0 Å². The highest BCUT2D eigenvalue weighted by molar-refractivity contribution is 7.86. The van der Waals surface area contributed by atoms with Gasteiger partial charge < -0.3 is 5.11 Å². The molecule has 2 N–H and O–H groups in total. The zero-order valence-corrected chi connectivity index (χ0v) is 8.09. The van der Waals surface area contributed by atoms with E-state index < -0.39 is 27.9 Å². The fourth-order valence-electron chi connectivity index (χ4n) is 0.707. The molecule has 0 radical (unpaired) electrons. The van der Waals surface area contributed by atoms with E-state index in [4.69, 9.17) is 10.5 Å². The number of carbonyl (C=O) groups is 1. The number of hydrogen-bond donors (Lipinski definition) is 2. The zero-order valence-electron chi connectivity index (χ0n) is 7.27. The lowest BCUT2D eigenvalue weighted by molar-refractivity contribution is -0.129. The van der Waals surface area contributed by atoms with Crippen molar-refractivity contribution >= 4 is 21.8 Å². The molecule has 0 aliphatic rings. The van der Waals surface area contributed by atoms with Crippen LogP contribution in [0.4, 0.5) is 0 Å². The van der Waals surface area contributed by atoms with Gasteiger partial charge in [-0.05, 0) is 6.92 Å². The van der Waals surface area contributed by atoms with Crippen LogP contribution in [-0.4, -0.2) is 37.6 Å². The summed E-state index contributed by atoms with van der Waals surface area (Å²) in [5.41, 5.74) is -0.573. The summed E-state index contributed by atoms with van der Waals surface area (Å²) in [7, 11) is -3.58. The van der Waals surface area contributed by atoms with Gasteiger partial charge in [-0.25, -0.2) is 4.79 Å². The number of carboxylic acid groups (broad SMARTS) is 1. The molecular weight excluding hydrogens is 198 g/mol. The van der Waals surface area contributed by atoms with Crippen molar-refractivity contribution in [1.29, 1.82) is 5.41 Å². The summed E-state index contributed by atoms with van der Waals surface area (Å²) >= 11 is 0. The molecule has 0 bridgehead atoms. The van der Waals surface area contributed by atoms with Crippen LogP contribution in [0.3, 0.4) is 0 Å². The molecule has 0 aromatic heterocycles. The van der Waals surface area contributed by atoms with Crippen LogP contribution in [0.5, 0.6) is 0 Å². The molecular formula is C6H11NO5S. The van der Waals surface area contributed by atoms with Gasteiger partial charge in [-0.2, -0.15) is 8.42 Å². The quantitative estimate of drug-likeness (QED) is 0.483. The van der Waals surface area contributed by atoms with E-state index in [1.54, 1.807) is 0 Å². The van der Waals surface area contributed by atoms with Crippen LogP contribution in [0.2, 0.25) is 0 Å². The first kappa shape index (κ1) is 12.0. The molecule has 76 valence electrons. The van der Waals surface area contributed by atoms with Crippen molar-refractivity contribution in [2.75, 3.05) is 6.26 Å². The second-order valence-electron chi connectivity index (χ2n) is 2.60. The van der Waals surface area contributed by atoms with E-state index in [0.717, 1.165) is 6.26 Å². The lowest BCUT2D eigenvalue weighted by Gasteiger charge is -2.08. The highest BCUT2D eigenvalue weighted by Gasteiger charge is 2.15. The number of nitrogens with one attached hydrogen (secondary N) is 1. The summed E-state index contributed by atoms with van der Waals surface area (Å²) in [6.45, 7) is 1.39. The number of carboxylic acids is 1.